The Morgan fingerprint density at radius 1 is 1.52 bits per heavy atom. The van der Waals surface area contributed by atoms with Gasteiger partial charge in [0.2, 0.25) is 5.89 Å². The van der Waals surface area contributed by atoms with Crippen LogP contribution in [-0.2, 0) is 6.42 Å². The van der Waals surface area contributed by atoms with Crippen LogP contribution in [0.3, 0.4) is 0 Å². The molecule has 1 aromatic carbocycles. The minimum Gasteiger partial charge on any atom is -0.477 e. The second-order valence-electron chi connectivity index (χ2n) is 4.18. The summed E-state index contributed by atoms with van der Waals surface area (Å²) in [5.74, 6) is -0.446. The molecule has 9 nitrogen and oxygen atoms in total. The van der Waals surface area contributed by atoms with E-state index >= 15 is 0 Å². The molecule has 110 valence electrons. The molecule has 0 amide bonds. The van der Waals surface area contributed by atoms with Gasteiger partial charge in [-0.3, -0.25) is 10.1 Å². The Bertz CT molecular complexity index is 682. The predicted octanol–water partition coefficient (Wildman–Crippen LogP) is 1.64. The fraction of sp³-hybridized carbons (Fsp3) is 0.250. The molecular weight excluding hydrogens is 280 g/mol. The highest BCUT2D eigenvalue weighted by atomic mass is 16.6. The van der Waals surface area contributed by atoms with Gasteiger partial charge in [-0.15, -0.1) is 0 Å². The Morgan fingerprint density at radius 2 is 2.29 bits per heavy atom. The summed E-state index contributed by atoms with van der Waals surface area (Å²) in [5.41, 5.74) is -0.693. The molecule has 2 N–H and O–H groups in total. The van der Waals surface area contributed by atoms with Gasteiger partial charge in [-0.1, -0.05) is 11.2 Å². The summed E-state index contributed by atoms with van der Waals surface area (Å²) in [6, 6.07) is 4.08. The highest BCUT2D eigenvalue weighted by molar-refractivity contribution is 5.95. The maximum atomic E-state index is 11.0. The smallest absolute Gasteiger partial charge is 0.342 e. The number of rotatable bonds is 6. The van der Waals surface area contributed by atoms with Crippen molar-refractivity contribution in [3.63, 3.8) is 0 Å². The van der Waals surface area contributed by atoms with E-state index in [1.165, 1.54) is 18.2 Å². The molecule has 1 heterocycles. The largest absolute Gasteiger partial charge is 0.477 e. The summed E-state index contributed by atoms with van der Waals surface area (Å²) in [4.78, 5) is 25.3. The van der Waals surface area contributed by atoms with Crippen LogP contribution < -0.4 is 5.32 Å². The first-order chi connectivity index (χ1) is 9.99. The van der Waals surface area contributed by atoms with Crippen molar-refractivity contribution >= 4 is 17.3 Å². The van der Waals surface area contributed by atoms with E-state index in [-0.39, 0.29) is 11.3 Å². The molecule has 0 bridgehead atoms. The number of para-hydroxylation sites is 1. The number of nitro groups is 1. The van der Waals surface area contributed by atoms with E-state index < -0.39 is 16.6 Å². The molecule has 0 aliphatic rings. The van der Waals surface area contributed by atoms with E-state index in [1.807, 2.05) is 0 Å². The maximum absolute atomic E-state index is 11.0. The summed E-state index contributed by atoms with van der Waals surface area (Å²) in [6.45, 7) is 1.98. The van der Waals surface area contributed by atoms with Gasteiger partial charge in [0, 0.05) is 13.0 Å². The molecular formula is C12H12N4O5. The molecule has 0 aliphatic heterocycles. The zero-order valence-electron chi connectivity index (χ0n) is 11.1. The van der Waals surface area contributed by atoms with Crippen LogP contribution in [0.5, 0.6) is 0 Å². The van der Waals surface area contributed by atoms with E-state index in [2.05, 4.69) is 15.5 Å². The molecule has 2 aromatic rings. The number of benzene rings is 1. The van der Waals surface area contributed by atoms with E-state index in [0.717, 1.165) is 0 Å². The summed E-state index contributed by atoms with van der Waals surface area (Å²) < 4.78 is 4.91. The Labute approximate surface area is 118 Å². The lowest BCUT2D eigenvalue weighted by Gasteiger charge is -2.07. The molecule has 0 spiro atoms. The number of aromatic carboxylic acids is 1. The number of aromatic nitrogens is 2. The number of carbonyl (C=O) groups is 1. The summed E-state index contributed by atoms with van der Waals surface area (Å²) in [5, 5.41) is 26.5. The SMILES string of the molecule is Cc1noc(CCNc2cccc(C(=O)O)c2[N+](=O)[O-])n1. The fourth-order valence-electron chi connectivity index (χ4n) is 1.80. The van der Waals surface area contributed by atoms with Crippen LogP contribution in [0.25, 0.3) is 0 Å². The number of hydrogen-bond donors (Lipinski definition) is 2. The molecule has 0 atom stereocenters. The first kappa shape index (κ1) is 14.4. The second-order valence-corrected chi connectivity index (χ2v) is 4.18. The Morgan fingerprint density at radius 3 is 2.86 bits per heavy atom. The third-order valence-electron chi connectivity index (χ3n) is 2.67. The number of nitro benzene ring substituents is 1. The zero-order chi connectivity index (χ0) is 15.4. The molecule has 0 aliphatic carbocycles. The quantitative estimate of drug-likeness (QED) is 0.606. The van der Waals surface area contributed by atoms with Gasteiger partial charge in [-0.2, -0.15) is 4.98 Å². The van der Waals surface area contributed by atoms with E-state index in [4.69, 9.17) is 9.63 Å². The summed E-state index contributed by atoms with van der Waals surface area (Å²) >= 11 is 0. The molecule has 21 heavy (non-hydrogen) atoms. The van der Waals surface area contributed by atoms with Gasteiger partial charge in [-0.05, 0) is 19.1 Å². The van der Waals surface area contributed by atoms with Gasteiger partial charge in [-0.25, -0.2) is 4.79 Å². The van der Waals surface area contributed by atoms with Crippen LogP contribution in [0.4, 0.5) is 11.4 Å². The first-order valence-corrected chi connectivity index (χ1v) is 6.03. The van der Waals surface area contributed by atoms with Crippen molar-refractivity contribution in [3.8, 4) is 0 Å². The van der Waals surface area contributed by atoms with Crippen molar-refractivity contribution in [2.75, 3.05) is 11.9 Å². The van der Waals surface area contributed by atoms with Gasteiger partial charge in [0.25, 0.3) is 0 Å². The predicted molar refractivity (Wildman–Crippen MR) is 71.3 cm³/mol. The van der Waals surface area contributed by atoms with Gasteiger partial charge in [0.15, 0.2) is 5.82 Å². The summed E-state index contributed by atoms with van der Waals surface area (Å²) in [7, 11) is 0. The number of carboxylic acids is 1. The molecule has 0 radical (unpaired) electrons. The molecule has 0 unspecified atom stereocenters. The van der Waals surface area contributed by atoms with Crippen molar-refractivity contribution in [1.82, 2.24) is 10.1 Å². The minimum absolute atomic E-state index is 0.135. The van der Waals surface area contributed by atoms with Crippen molar-refractivity contribution in [2.24, 2.45) is 0 Å². The van der Waals surface area contributed by atoms with Crippen LogP contribution in [0.1, 0.15) is 22.1 Å². The number of carboxylic acid groups (broad SMARTS) is 1. The van der Waals surface area contributed by atoms with Crippen LogP contribution >= 0.6 is 0 Å². The van der Waals surface area contributed by atoms with Gasteiger partial charge < -0.3 is 14.9 Å². The third-order valence-corrected chi connectivity index (χ3v) is 2.67. The van der Waals surface area contributed by atoms with Gasteiger partial charge in [0.1, 0.15) is 11.3 Å². The monoisotopic (exact) mass is 292 g/mol. The lowest BCUT2D eigenvalue weighted by molar-refractivity contribution is -0.384. The van der Waals surface area contributed by atoms with Crippen LogP contribution in [-0.4, -0.2) is 32.7 Å². The summed E-state index contributed by atoms with van der Waals surface area (Å²) in [6.07, 6.45) is 0.370. The normalized spacial score (nSPS) is 10.3. The number of nitrogens with zero attached hydrogens (tertiary/aromatic N) is 3. The van der Waals surface area contributed by atoms with Crippen molar-refractivity contribution in [1.29, 1.82) is 0 Å². The Hall–Kier alpha value is -2.97. The molecule has 0 saturated carbocycles. The topological polar surface area (TPSA) is 131 Å². The van der Waals surface area contributed by atoms with Crippen LogP contribution in [0.2, 0.25) is 0 Å². The number of aryl methyl sites for hydroxylation is 1. The van der Waals surface area contributed by atoms with Gasteiger partial charge >= 0.3 is 11.7 Å². The molecule has 2 rings (SSSR count). The van der Waals surface area contributed by atoms with Gasteiger partial charge in [0.05, 0.1) is 4.92 Å². The van der Waals surface area contributed by atoms with Crippen molar-refractivity contribution in [2.45, 2.75) is 13.3 Å². The second kappa shape index (κ2) is 5.99. The number of anilines is 1. The molecule has 0 fully saturated rings. The van der Waals surface area contributed by atoms with E-state index in [9.17, 15) is 14.9 Å². The lowest BCUT2D eigenvalue weighted by Crippen LogP contribution is -2.10. The Balaban J connectivity index is 2.14. The fourth-order valence-corrected chi connectivity index (χ4v) is 1.80. The average molecular weight is 292 g/mol. The lowest BCUT2D eigenvalue weighted by atomic mass is 10.1. The van der Waals surface area contributed by atoms with E-state index in [0.29, 0.717) is 24.7 Å². The average Bonchev–Trinajstić information content (AvgIpc) is 2.83. The molecule has 9 heteroatoms. The third kappa shape index (κ3) is 3.32. The highest BCUT2D eigenvalue weighted by Crippen LogP contribution is 2.28. The number of hydrogen-bond acceptors (Lipinski definition) is 7. The van der Waals surface area contributed by atoms with E-state index in [1.54, 1.807) is 6.92 Å². The van der Waals surface area contributed by atoms with Crippen LogP contribution in [0, 0.1) is 17.0 Å². The standard InChI is InChI=1S/C12H12N4O5/c1-7-14-10(21-15-7)5-6-13-9-4-2-3-8(12(17)18)11(9)16(19)20/h2-4,13H,5-6H2,1H3,(H,17,18). The van der Waals surface area contributed by atoms with Crippen molar-refractivity contribution in [3.05, 3.63) is 45.6 Å². The Kier molecular flexibility index (Phi) is 4.12. The van der Waals surface area contributed by atoms with Crippen molar-refractivity contribution < 1.29 is 19.3 Å². The first-order valence-electron chi connectivity index (χ1n) is 6.03. The van der Waals surface area contributed by atoms with Crippen LogP contribution in [0.15, 0.2) is 22.7 Å². The molecule has 1 aromatic heterocycles. The maximum Gasteiger partial charge on any atom is 0.342 e. The molecule has 0 saturated heterocycles. The zero-order valence-corrected chi connectivity index (χ0v) is 11.1. The highest BCUT2D eigenvalue weighted by Gasteiger charge is 2.23. The minimum atomic E-state index is -1.35. The number of nitrogens with one attached hydrogen (secondary N) is 1.